The summed E-state index contributed by atoms with van der Waals surface area (Å²) in [6.07, 6.45) is 1.53. The fourth-order valence-corrected chi connectivity index (χ4v) is 2.72. The smallest absolute Gasteiger partial charge is 0.249 e. The standard InChI is InChI=1S/C19H19N5O4/c1-25-13-4-6-15(26-2)14(10-13)22-19-23-18(11-20-24-19)21-12-3-5-16-17(9-12)28-8-7-27-16/h3-6,9-11H,7-8H2,1-2H3,(H2,21,22,23,24). The predicted octanol–water partition coefficient (Wildman–Crippen LogP) is 3.15. The van der Waals surface area contributed by atoms with Crippen LogP contribution in [0, 0.1) is 0 Å². The summed E-state index contributed by atoms with van der Waals surface area (Å²) in [7, 11) is 3.19. The highest BCUT2D eigenvalue weighted by molar-refractivity contribution is 5.66. The van der Waals surface area contributed by atoms with Crippen molar-refractivity contribution in [3.8, 4) is 23.0 Å². The summed E-state index contributed by atoms with van der Waals surface area (Å²) in [5.74, 6) is 3.57. The third-order valence-electron chi connectivity index (χ3n) is 4.03. The van der Waals surface area contributed by atoms with E-state index in [9.17, 15) is 0 Å². The summed E-state index contributed by atoms with van der Waals surface area (Å²) in [6.45, 7) is 1.08. The van der Waals surface area contributed by atoms with Crippen LogP contribution in [0.1, 0.15) is 0 Å². The van der Waals surface area contributed by atoms with E-state index < -0.39 is 0 Å². The van der Waals surface area contributed by atoms with Crippen molar-refractivity contribution >= 4 is 23.1 Å². The van der Waals surface area contributed by atoms with Crippen molar-refractivity contribution in [1.29, 1.82) is 0 Å². The molecule has 0 aliphatic carbocycles. The Morgan fingerprint density at radius 3 is 2.61 bits per heavy atom. The van der Waals surface area contributed by atoms with Gasteiger partial charge >= 0.3 is 0 Å². The van der Waals surface area contributed by atoms with Crippen molar-refractivity contribution in [2.45, 2.75) is 0 Å². The summed E-state index contributed by atoms with van der Waals surface area (Å²) < 4.78 is 21.7. The van der Waals surface area contributed by atoms with Crippen LogP contribution in [0.3, 0.4) is 0 Å². The zero-order valence-corrected chi connectivity index (χ0v) is 15.4. The van der Waals surface area contributed by atoms with Gasteiger partial charge in [-0.05, 0) is 24.3 Å². The van der Waals surface area contributed by atoms with E-state index in [-0.39, 0.29) is 0 Å². The normalized spacial score (nSPS) is 12.2. The first-order valence-electron chi connectivity index (χ1n) is 8.60. The Hall–Kier alpha value is -3.75. The number of fused-ring (bicyclic) bond motifs is 1. The van der Waals surface area contributed by atoms with Gasteiger partial charge in [-0.1, -0.05) is 0 Å². The van der Waals surface area contributed by atoms with Crippen LogP contribution in [-0.2, 0) is 0 Å². The molecular weight excluding hydrogens is 362 g/mol. The zero-order chi connectivity index (χ0) is 19.3. The number of methoxy groups -OCH3 is 2. The molecule has 0 atom stereocenters. The maximum absolute atomic E-state index is 5.60. The van der Waals surface area contributed by atoms with Gasteiger partial charge in [0.2, 0.25) is 5.95 Å². The minimum absolute atomic E-state index is 0.314. The van der Waals surface area contributed by atoms with Crippen LogP contribution in [0.5, 0.6) is 23.0 Å². The molecule has 28 heavy (non-hydrogen) atoms. The Morgan fingerprint density at radius 2 is 1.79 bits per heavy atom. The number of rotatable bonds is 6. The molecule has 1 aliphatic rings. The van der Waals surface area contributed by atoms with E-state index in [4.69, 9.17) is 18.9 Å². The van der Waals surface area contributed by atoms with Gasteiger partial charge in [-0.3, -0.25) is 0 Å². The maximum Gasteiger partial charge on any atom is 0.249 e. The average molecular weight is 381 g/mol. The minimum Gasteiger partial charge on any atom is -0.497 e. The van der Waals surface area contributed by atoms with Gasteiger partial charge in [-0.2, -0.15) is 10.1 Å². The molecule has 0 radical (unpaired) electrons. The summed E-state index contributed by atoms with van der Waals surface area (Å²) in [5, 5.41) is 14.3. The molecule has 2 N–H and O–H groups in total. The van der Waals surface area contributed by atoms with Crippen molar-refractivity contribution in [3.63, 3.8) is 0 Å². The van der Waals surface area contributed by atoms with Crippen molar-refractivity contribution in [1.82, 2.24) is 15.2 Å². The van der Waals surface area contributed by atoms with E-state index >= 15 is 0 Å². The van der Waals surface area contributed by atoms with E-state index in [1.807, 2.05) is 24.3 Å². The lowest BCUT2D eigenvalue weighted by molar-refractivity contribution is 0.171. The van der Waals surface area contributed by atoms with E-state index in [0.29, 0.717) is 47.9 Å². The highest BCUT2D eigenvalue weighted by atomic mass is 16.6. The van der Waals surface area contributed by atoms with Crippen LogP contribution in [0.2, 0.25) is 0 Å². The summed E-state index contributed by atoms with van der Waals surface area (Å²) in [5.41, 5.74) is 1.47. The van der Waals surface area contributed by atoms with Gasteiger partial charge in [0, 0.05) is 17.8 Å². The molecule has 9 nitrogen and oxygen atoms in total. The predicted molar refractivity (Wildman–Crippen MR) is 103 cm³/mol. The highest BCUT2D eigenvalue weighted by Crippen LogP contribution is 2.34. The molecule has 0 bridgehead atoms. The van der Waals surface area contributed by atoms with E-state index in [1.54, 1.807) is 26.4 Å². The van der Waals surface area contributed by atoms with Gasteiger partial charge in [0.25, 0.3) is 0 Å². The second kappa shape index (κ2) is 7.87. The molecule has 2 heterocycles. The molecule has 144 valence electrons. The largest absolute Gasteiger partial charge is 0.497 e. The molecule has 2 aromatic carbocycles. The van der Waals surface area contributed by atoms with Crippen molar-refractivity contribution in [2.24, 2.45) is 0 Å². The van der Waals surface area contributed by atoms with Gasteiger partial charge in [-0.15, -0.1) is 5.10 Å². The van der Waals surface area contributed by atoms with Crippen molar-refractivity contribution < 1.29 is 18.9 Å². The third-order valence-corrected chi connectivity index (χ3v) is 4.03. The number of aromatic nitrogens is 3. The molecule has 0 unspecified atom stereocenters. The summed E-state index contributed by atoms with van der Waals surface area (Å²) >= 11 is 0. The van der Waals surface area contributed by atoms with Crippen LogP contribution >= 0.6 is 0 Å². The fraction of sp³-hybridized carbons (Fsp3) is 0.211. The molecule has 0 saturated heterocycles. The number of hydrogen-bond acceptors (Lipinski definition) is 9. The Kier molecular flexibility index (Phi) is 4.96. The number of nitrogens with zero attached hydrogens (tertiary/aromatic N) is 3. The quantitative estimate of drug-likeness (QED) is 0.667. The SMILES string of the molecule is COc1ccc(OC)c(Nc2nncc(Nc3ccc4c(c3)OCCO4)n2)c1. The molecule has 0 fully saturated rings. The first-order valence-corrected chi connectivity index (χ1v) is 8.60. The number of ether oxygens (including phenoxy) is 4. The van der Waals surface area contributed by atoms with Gasteiger partial charge in [0.15, 0.2) is 17.3 Å². The lowest BCUT2D eigenvalue weighted by Gasteiger charge is -2.19. The van der Waals surface area contributed by atoms with Gasteiger partial charge in [-0.25, -0.2) is 0 Å². The topological polar surface area (TPSA) is 99.7 Å². The number of anilines is 4. The van der Waals surface area contributed by atoms with Gasteiger partial charge in [0.1, 0.15) is 24.7 Å². The van der Waals surface area contributed by atoms with Crippen LogP contribution in [-0.4, -0.2) is 42.6 Å². The Labute approximate surface area is 161 Å². The van der Waals surface area contributed by atoms with Crippen LogP contribution in [0.15, 0.2) is 42.6 Å². The molecule has 4 rings (SSSR count). The summed E-state index contributed by atoms with van der Waals surface area (Å²) in [4.78, 5) is 4.44. The maximum atomic E-state index is 5.60. The lowest BCUT2D eigenvalue weighted by atomic mass is 10.2. The Morgan fingerprint density at radius 1 is 0.929 bits per heavy atom. The Balaban J connectivity index is 1.54. The lowest BCUT2D eigenvalue weighted by Crippen LogP contribution is -2.15. The number of benzene rings is 2. The zero-order valence-electron chi connectivity index (χ0n) is 15.4. The molecule has 1 aromatic heterocycles. The molecule has 0 amide bonds. The molecule has 0 saturated carbocycles. The van der Waals surface area contributed by atoms with Gasteiger partial charge in [0.05, 0.1) is 26.1 Å². The fourth-order valence-electron chi connectivity index (χ4n) is 2.72. The first-order chi connectivity index (χ1) is 13.7. The minimum atomic E-state index is 0.314. The molecule has 3 aromatic rings. The highest BCUT2D eigenvalue weighted by Gasteiger charge is 2.13. The van der Waals surface area contributed by atoms with Crippen molar-refractivity contribution in [3.05, 3.63) is 42.6 Å². The molecule has 9 heteroatoms. The van der Waals surface area contributed by atoms with Crippen molar-refractivity contribution in [2.75, 3.05) is 38.1 Å². The first kappa shape index (κ1) is 17.7. The third kappa shape index (κ3) is 3.83. The van der Waals surface area contributed by atoms with Crippen LogP contribution in [0.4, 0.5) is 23.1 Å². The molecule has 0 spiro atoms. The second-order valence-corrected chi connectivity index (χ2v) is 5.84. The number of hydrogen-bond donors (Lipinski definition) is 2. The molecular formula is C19H19N5O4. The number of nitrogens with one attached hydrogen (secondary N) is 2. The van der Waals surface area contributed by atoms with E-state index in [2.05, 4.69) is 25.8 Å². The van der Waals surface area contributed by atoms with Crippen LogP contribution in [0.25, 0.3) is 0 Å². The second-order valence-electron chi connectivity index (χ2n) is 5.84. The van der Waals surface area contributed by atoms with E-state index in [1.165, 1.54) is 6.20 Å². The average Bonchev–Trinajstić information content (AvgIpc) is 2.74. The molecule has 1 aliphatic heterocycles. The van der Waals surface area contributed by atoms with Gasteiger partial charge < -0.3 is 29.6 Å². The van der Waals surface area contributed by atoms with E-state index in [0.717, 1.165) is 11.4 Å². The summed E-state index contributed by atoms with van der Waals surface area (Å²) in [6, 6.07) is 11.0. The van der Waals surface area contributed by atoms with Crippen LogP contribution < -0.4 is 29.6 Å². The Bertz CT molecular complexity index is 982. The monoisotopic (exact) mass is 381 g/mol.